The summed E-state index contributed by atoms with van der Waals surface area (Å²) in [5, 5.41) is 8.96. The molecule has 0 aliphatic carbocycles. The average molecular weight is 240 g/mol. The predicted molar refractivity (Wildman–Crippen MR) is 67.5 cm³/mol. The van der Waals surface area contributed by atoms with Gasteiger partial charge in [0.1, 0.15) is 10.7 Å². The van der Waals surface area contributed by atoms with Gasteiger partial charge in [-0.15, -0.1) is 0 Å². The quantitative estimate of drug-likeness (QED) is 0.697. The molecule has 0 aliphatic rings. The summed E-state index contributed by atoms with van der Waals surface area (Å²) >= 11 is 4.86. The third-order valence-electron chi connectivity index (χ3n) is 2.04. The van der Waals surface area contributed by atoms with E-state index in [1.165, 1.54) is 0 Å². The standard InChI is InChI=1S/C10H16N4OS/c1-2-5-14(6-7-15)10-12-4-3-8(13-10)9(11)16/h3-4,15H,2,5-7H2,1H3,(H2,11,16). The minimum absolute atomic E-state index is 0.0701. The lowest BCUT2D eigenvalue weighted by Gasteiger charge is -2.20. The first-order valence-electron chi connectivity index (χ1n) is 5.17. The zero-order chi connectivity index (χ0) is 12.0. The Labute approximate surface area is 100 Å². The van der Waals surface area contributed by atoms with E-state index in [1.807, 2.05) is 4.90 Å². The van der Waals surface area contributed by atoms with E-state index < -0.39 is 0 Å². The van der Waals surface area contributed by atoms with Crippen molar-refractivity contribution in [1.82, 2.24) is 9.97 Å². The van der Waals surface area contributed by atoms with Crippen molar-refractivity contribution in [3.05, 3.63) is 18.0 Å². The van der Waals surface area contributed by atoms with Gasteiger partial charge in [-0.3, -0.25) is 0 Å². The molecule has 6 heteroatoms. The number of aliphatic hydroxyl groups is 1. The molecule has 0 amide bonds. The molecule has 0 aliphatic heterocycles. The van der Waals surface area contributed by atoms with Crippen molar-refractivity contribution < 1.29 is 5.11 Å². The molecule has 1 rings (SSSR count). The highest BCUT2D eigenvalue weighted by atomic mass is 32.1. The fourth-order valence-electron chi connectivity index (χ4n) is 1.34. The van der Waals surface area contributed by atoms with Crippen LogP contribution in [0.25, 0.3) is 0 Å². The Morgan fingerprint density at radius 1 is 1.56 bits per heavy atom. The molecular weight excluding hydrogens is 224 g/mol. The molecule has 1 aromatic rings. The van der Waals surface area contributed by atoms with Crippen LogP contribution < -0.4 is 10.6 Å². The summed E-state index contributed by atoms with van der Waals surface area (Å²) in [7, 11) is 0. The third-order valence-corrected chi connectivity index (χ3v) is 2.25. The number of nitrogens with two attached hydrogens (primary N) is 1. The number of anilines is 1. The summed E-state index contributed by atoms with van der Waals surface area (Å²) in [6.07, 6.45) is 2.58. The number of hydrogen-bond acceptors (Lipinski definition) is 5. The van der Waals surface area contributed by atoms with Crippen LogP contribution in [0.5, 0.6) is 0 Å². The molecule has 3 N–H and O–H groups in total. The van der Waals surface area contributed by atoms with Crippen molar-refractivity contribution in [2.75, 3.05) is 24.6 Å². The molecule has 0 bridgehead atoms. The van der Waals surface area contributed by atoms with E-state index >= 15 is 0 Å². The Bertz CT molecular complexity index is 352. The average Bonchev–Trinajstić information content (AvgIpc) is 2.29. The van der Waals surface area contributed by atoms with Crippen LogP contribution in [0.1, 0.15) is 19.0 Å². The minimum atomic E-state index is 0.0701. The van der Waals surface area contributed by atoms with Crippen LogP contribution >= 0.6 is 12.2 Å². The Kier molecular flexibility index (Phi) is 5.07. The van der Waals surface area contributed by atoms with Crippen molar-refractivity contribution in [3.8, 4) is 0 Å². The van der Waals surface area contributed by atoms with Gasteiger partial charge in [-0.05, 0) is 12.5 Å². The van der Waals surface area contributed by atoms with Gasteiger partial charge in [0.05, 0.1) is 6.61 Å². The van der Waals surface area contributed by atoms with Crippen LogP contribution in [0.2, 0.25) is 0 Å². The summed E-state index contributed by atoms with van der Waals surface area (Å²) < 4.78 is 0. The van der Waals surface area contributed by atoms with Crippen molar-refractivity contribution in [3.63, 3.8) is 0 Å². The molecule has 1 heterocycles. The van der Waals surface area contributed by atoms with E-state index in [2.05, 4.69) is 16.9 Å². The second-order valence-corrected chi connectivity index (χ2v) is 3.76. The van der Waals surface area contributed by atoms with E-state index in [0.29, 0.717) is 18.2 Å². The van der Waals surface area contributed by atoms with Gasteiger partial charge in [-0.2, -0.15) is 0 Å². The zero-order valence-electron chi connectivity index (χ0n) is 9.26. The lowest BCUT2D eigenvalue weighted by molar-refractivity contribution is 0.301. The third kappa shape index (κ3) is 3.39. The SMILES string of the molecule is CCCN(CCO)c1nccc(C(N)=S)n1. The summed E-state index contributed by atoms with van der Waals surface area (Å²) in [5.41, 5.74) is 6.06. The van der Waals surface area contributed by atoms with Crippen molar-refractivity contribution >= 4 is 23.2 Å². The van der Waals surface area contributed by atoms with Gasteiger partial charge in [-0.1, -0.05) is 19.1 Å². The zero-order valence-corrected chi connectivity index (χ0v) is 10.1. The van der Waals surface area contributed by atoms with Crippen molar-refractivity contribution in [1.29, 1.82) is 0 Å². The van der Waals surface area contributed by atoms with E-state index in [1.54, 1.807) is 12.3 Å². The van der Waals surface area contributed by atoms with E-state index in [4.69, 9.17) is 23.1 Å². The maximum absolute atomic E-state index is 8.96. The van der Waals surface area contributed by atoms with Crippen LogP contribution in [0.15, 0.2) is 12.3 Å². The number of thiocarbonyl (C=S) groups is 1. The highest BCUT2D eigenvalue weighted by Gasteiger charge is 2.09. The molecule has 1 aromatic heterocycles. The number of hydrogen-bond donors (Lipinski definition) is 2. The van der Waals surface area contributed by atoms with Crippen LogP contribution in [-0.4, -0.2) is 39.8 Å². The van der Waals surface area contributed by atoms with Gasteiger partial charge in [0.2, 0.25) is 5.95 Å². The minimum Gasteiger partial charge on any atom is -0.395 e. The van der Waals surface area contributed by atoms with Crippen LogP contribution in [0.3, 0.4) is 0 Å². The molecule has 5 nitrogen and oxygen atoms in total. The molecule has 0 atom stereocenters. The summed E-state index contributed by atoms with van der Waals surface area (Å²) in [4.78, 5) is 10.6. The van der Waals surface area contributed by atoms with Crippen LogP contribution in [0.4, 0.5) is 5.95 Å². The molecule has 0 saturated carbocycles. The monoisotopic (exact) mass is 240 g/mol. The smallest absolute Gasteiger partial charge is 0.226 e. The van der Waals surface area contributed by atoms with Crippen LogP contribution in [-0.2, 0) is 0 Å². The summed E-state index contributed by atoms with van der Waals surface area (Å²) in [5.74, 6) is 0.557. The molecule has 0 fully saturated rings. The number of aromatic nitrogens is 2. The Morgan fingerprint density at radius 3 is 2.88 bits per heavy atom. The predicted octanol–water partition coefficient (Wildman–Crippen LogP) is 0.320. The first-order chi connectivity index (χ1) is 7.69. The maximum Gasteiger partial charge on any atom is 0.226 e. The Balaban J connectivity index is 2.90. The molecule has 88 valence electrons. The molecule has 0 aromatic carbocycles. The highest BCUT2D eigenvalue weighted by molar-refractivity contribution is 7.80. The van der Waals surface area contributed by atoms with Gasteiger partial charge >= 0.3 is 0 Å². The highest BCUT2D eigenvalue weighted by Crippen LogP contribution is 2.07. The molecule has 0 radical (unpaired) electrons. The summed E-state index contributed by atoms with van der Waals surface area (Å²) in [6, 6.07) is 1.68. The first kappa shape index (κ1) is 12.8. The number of rotatable bonds is 6. The molecule has 16 heavy (non-hydrogen) atoms. The number of aliphatic hydroxyl groups excluding tert-OH is 1. The molecule has 0 unspecified atom stereocenters. The maximum atomic E-state index is 8.96. The second-order valence-electron chi connectivity index (χ2n) is 3.32. The topological polar surface area (TPSA) is 75.3 Å². The van der Waals surface area contributed by atoms with Gasteiger partial charge in [0.15, 0.2) is 0 Å². The first-order valence-corrected chi connectivity index (χ1v) is 5.58. The second kappa shape index (κ2) is 6.34. The van der Waals surface area contributed by atoms with Crippen LogP contribution in [0, 0.1) is 0 Å². The van der Waals surface area contributed by atoms with E-state index in [9.17, 15) is 0 Å². The number of nitrogens with zero attached hydrogens (tertiary/aromatic N) is 3. The van der Waals surface area contributed by atoms with Gasteiger partial charge in [0, 0.05) is 19.3 Å². The molecule has 0 spiro atoms. The normalized spacial score (nSPS) is 10.1. The lowest BCUT2D eigenvalue weighted by atomic mass is 10.4. The molecule has 0 saturated heterocycles. The van der Waals surface area contributed by atoms with E-state index in [-0.39, 0.29) is 11.6 Å². The van der Waals surface area contributed by atoms with Crippen molar-refractivity contribution in [2.24, 2.45) is 5.73 Å². The Morgan fingerprint density at radius 2 is 2.31 bits per heavy atom. The lowest BCUT2D eigenvalue weighted by Crippen LogP contribution is -2.29. The van der Waals surface area contributed by atoms with E-state index in [0.717, 1.165) is 13.0 Å². The summed E-state index contributed by atoms with van der Waals surface area (Å²) in [6.45, 7) is 3.43. The Hall–Kier alpha value is -1.27. The van der Waals surface area contributed by atoms with Gasteiger partial charge < -0.3 is 15.7 Å². The largest absolute Gasteiger partial charge is 0.395 e. The van der Waals surface area contributed by atoms with Crippen molar-refractivity contribution in [2.45, 2.75) is 13.3 Å². The molecular formula is C10H16N4OS. The van der Waals surface area contributed by atoms with Gasteiger partial charge in [0.25, 0.3) is 0 Å². The fraction of sp³-hybridized carbons (Fsp3) is 0.500. The fourth-order valence-corrected chi connectivity index (χ4v) is 1.45. The van der Waals surface area contributed by atoms with Gasteiger partial charge in [-0.25, -0.2) is 9.97 Å².